The first kappa shape index (κ1) is 26.0. The number of hydrogen-bond donors (Lipinski definition) is 2. The average molecular weight is 508 g/mol. The van der Waals surface area contributed by atoms with Crippen molar-refractivity contribution >= 4 is 33.2 Å². The largest absolute Gasteiger partial charge is 0.389 e. The maximum Gasteiger partial charge on any atom is 0.0934 e. The number of aliphatic hydroxyl groups is 1. The highest BCUT2D eigenvalue weighted by atomic mass is 16.5. The van der Waals surface area contributed by atoms with Gasteiger partial charge in [-0.3, -0.25) is 0 Å². The van der Waals surface area contributed by atoms with E-state index in [2.05, 4.69) is 126 Å². The molecule has 1 heterocycles. The van der Waals surface area contributed by atoms with Gasteiger partial charge in [0.05, 0.1) is 31.9 Å². The van der Waals surface area contributed by atoms with Crippen molar-refractivity contribution in [3.63, 3.8) is 0 Å². The third-order valence-corrected chi connectivity index (χ3v) is 6.87. The van der Waals surface area contributed by atoms with Crippen LogP contribution in [0.3, 0.4) is 0 Å². The number of aromatic nitrogens is 1. The first-order chi connectivity index (χ1) is 18.6. The quantitative estimate of drug-likeness (QED) is 0.206. The number of anilines is 2. The molecule has 5 rings (SSSR count). The van der Waals surface area contributed by atoms with Gasteiger partial charge in [-0.2, -0.15) is 0 Å². The highest BCUT2D eigenvalue weighted by molar-refractivity contribution is 6.07. The molecule has 0 unspecified atom stereocenters. The zero-order chi connectivity index (χ0) is 26.3. The third-order valence-electron chi connectivity index (χ3n) is 6.87. The van der Waals surface area contributed by atoms with E-state index in [9.17, 15) is 5.11 Å². The van der Waals surface area contributed by atoms with Gasteiger partial charge in [-0.1, -0.05) is 86.6 Å². The first-order valence-corrected chi connectivity index (χ1v) is 13.5. The molecule has 4 aromatic carbocycles. The minimum atomic E-state index is -0.583. The van der Waals surface area contributed by atoms with Crippen molar-refractivity contribution in [1.29, 1.82) is 0 Å². The Morgan fingerprint density at radius 2 is 1.24 bits per heavy atom. The summed E-state index contributed by atoms with van der Waals surface area (Å²) in [7, 11) is 0. The Hall–Kier alpha value is -3.64. The Balaban J connectivity index is 1.49. The molecular weight excluding hydrogens is 470 g/mol. The van der Waals surface area contributed by atoms with Crippen molar-refractivity contribution in [1.82, 2.24) is 9.88 Å². The highest BCUT2D eigenvalue weighted by Crippen LogP contribution is 2.30. The molecule has 0 spiro atoms. The molecule has 0 aliphatic carbocycles. The average Bonchev–Trinajstić information content (AvgIpc) is 3.27. The van der Waals surface area contributed by atoms with Crippen LogP contribution in [0.4, 0.5) is 11.4 Å². The summed E-state index contributed by atoms with van der Waals surface area (Å²) in [5.41, 5.74) is 4.60. The van der Waals surface area contributed by atoms with E-state index >= 15 is 0 Å². The maximum atomic E-state index is 10.7. The fourth-order valence-electron chi connectivity index (χ4n) is 5.02. The maximum absolute atomic E-state index is 10.7. The van der Waals surface area contributed by atoms with Crippen molar-refractivity contribution in [2.45, 2.75) is 38.6 Å². The van der Waals surface area contributed by atoms with Crippen LogP contribution in [-0.2, 0) is 11.3 Å². The van der Waals surface area contributed by atoms with E-state index in [4.69, 9.17) is 4.74 Å². The zero-order valence-electron chi connectivity index (χ0n) is 22.2. The van der Waals surface area contributed by atoms with Crippen LogP contribution in [0.25, 0.3) is 21.8 Å². The van der Waals surface area contributed by atoms with E-state index in [1.165, 1.54) is 21.8 Å². The topological polar surface area (TPSA) is 49.7 Å². The zero-order valence-corrected chi connectivity index (χ0v) is 22.2. The number of benzene rings is 4. The van der Waals surface area contributed by atoms with Crippen LogP contribution in [0.2, 0.25) is 0 Å². The standard InChI is InChI=1S/C33H37N3O2/c1-25(2)34-21-28(37)24-38-29(22-35(26-13-5-3-6-14-26)27-15-7-4-8-16-27)23-36-32-19-11-9-17-30(32)31-18-10-12-20-33(31)36/h3-20,25,28-29,34,37H,21-24H2,1-2H3/t28-,29-/m1/s1. The Morgan fingerprint density at radius 1 is 0.737 bits per heavy atom. The van der Waals surface area contributed by atoms with Crippen LogP contribution in [-0.4, -0.2) is 47.6 Å². The second kappa shape index (κ2) is 12.3. The molecule has 38 heavy (non-hydrogen) atoms. The molecule has 0 amide bonds. The summed E-state index contributed by atoms with van der Waals surface area (Å²) in [6, 6.07) is 38.3. The normalized spacial score (nSPS) is 13.3. The Labute approximate surface area is 225 Å². The molecule has 0 aliphatic heterocycles. The van der Waals surface area contributed by atoms with Crippen molar-refractivity contribution in [2.24, 2.45) is 0 Å². The monoisotopic (exact) mass is 507 g/mol. The van der Waals surface area contributed by atoms with Crippen LogP contribution in [0.1, 0.15) is 13.8 Å². The number of para-hydroxylation sites is 4. The lowest BCUT2D eigenvalue weighted by molar-refractivity contribution is -0.0110. The summed E-state index contributed by atoms with van der Waals surface area (Å²) < 4.78 is 8.89. The van der Waals surface area contributed by atoms with Gasteiger partial charge >= 0.3 is 0 Å². The van der Waals surface area contributed by atoms with Crippen LogP contribution < -0.4 is 10.2 Å². The molecule has 1 aromatic heterocycles. The number of nitrogens with zero attached hydrogens (tertiary/aromatic N) is 2. The lowest BCUT2D eigenvalue weighted by Gasteiger charge is -2.31. The molecule has 2 N–H and O–H groups in total. The molecule has 0 saturated carbocycles. The van der Waals surface area contributed by atoms with Crippen LogP contribution in [0.15, 0.2) is 109 Å². The molecule has 0 radical (unpaired) electrons. The lowest BCUT2D eigenvalue weighted by Crippen LogP contribution is -2.39. The van der Waals surface area contributed by atoms with Gasteiger partial charge in [-0.05, 0) is 36.4 Å². The van der Waals surface area contributed by atoms with Crippen LogP contribution in [0, 0.1) is 0 Å². The smallest absolute Gasteiger partial charge is 0.0934 e. The van der Waals surface area contributed by atoms with Gasteiger partial charge in [0.1, 0.15) is 0 Å². The Bertz CT molecular complexity index is 1340. The molecule has 2 atom stereocenters. The van der Waals surface area contributed by atoms with E-state index in [1.807, 2.05) is 12.1 Å². The first-order valence-electron chi connectivity index (χ1n) is 13.5. The Morgan fingerprint density at radius 3 is 1.76 bits per heavy atom. The molecule has 0 bridgehead atoms. The molecule has 0 fully saturated rings. The van der Waals surface area contributed by atoms with E-state index < -0.39 is 6.10 Å². The van der Waals surface area contributed by atoms with Gasteiger partial charge in [-0.15, -0.1) is 0 Å². The highest BCUT2D eigenvalue weighted by Gasteiger charge is 2.21. The summed E-state index contributed by atoms with van der Waals surface area (Å²) in [4.78, 5) is 2.30. The number of ether oxygens (including phenoxy) is 1. The summed E-state index contributed by atoms with van der Waals surface area (Å²) in [5.74, 6) is 0. The van der Waals surface area contributed by atoms with Gasteiger partial charge in [0.25, 0.3) is 0 Å². The van der Waals surface area contributed by atoms with E-state index in [1.54, 1.807) is 0 Å². The van der Waals surface area contributed by atoms with Crippen LogP contribution in [0.5, 0.6) is 0 Å². The lowest BCUT2D eigenvalue weighted by atomic mass is 10.2. The number of fused-ring (bicyclic) bond motifs is 3. The molecule has 5 aromatic rings. The summed E-state index contributed by atoms with van der Waals surface area (Å²) in [5, 5.41) is 16.5. The van der Waals surface area contributed by atoms with Gasteiger partial charge in [0.15, 0.2) is 0 Å². The third kappa shape index (κ3) is 6.08. The second-order valence-electron chi connectivity index (χ2n) is 10.1. The van der Waals surface area contributed by atoms with Crippen molar-refractivity contribution in [3.8, 4) is 0 Å². The van der Waals surface area contributed by atoms with Crippen molar-refractivity contribution in [3.05, 3.63) is 109 Å². The van der Waals surface area contributed by atoms with E-state index in [0.29, 0.717) is 25.7 Å². The van der Waals surface area contributed by atoms with E-state index in [-0.39, 0.29) is 12.7 Å². The summed E-state index contributed by atoms with van der Waals surface area (Å²) in [6.45, 7) is 6.22. The molecule has 0 aliphatic rings. The van der Waals surface area contributed by atoms with E-state index in [0.717, 1.165) is 11.4 Å². The minimum Gasteiger partial charge on any atom is -0.389 e. The molecule has 5 heteroatoms. The van der Waals surface area contributed by atoms with Gasteiger partial charge in [0, 0.05) is 45.8 Å². The van der Waals surface area contributed by atoms with Gasteiger partial charge in [-0.25, -0.2) is 0 Å². The summed E-state index contributed by atoms with van der Waals surface area (Å²) in [6.07, 6.45) is -0.761. The van der Waals surface area contributed by atoms with Crippen molar-refractivity contribution < 1.29 is 9.84 Å². The molecule has 5 nitrogen and oxygen atoms in total. The van der Waals surface area contributed by atoms with Crippen LogP contribution >= 0.6 is 0 Å². The molecular formula is C33H37N3O2. The fraction of sp³-hybridized carbons (Fsp3) is 0.273. The summed E-state index contributed by atoms with van der Waals surface area (Å²) >= 11 is 0. The molecule has 196 valence electrons. The van der Waals surface area contributed by atoms with Gasteiger partial charge in [0.2, 0.25) is 0 Å². The molecule has 0 saturated heterocycles. The van der Waals surface area contributed by atoms with Crippen molar-refractivity contribution in [2.75, 3.05) is 24.6 Å². The predicted molar refractivity (Wildman–Crippen MR) is 158 cm³/mol. The van der Waals surface area contributed by atoms with Gasteiger partial charge < -0.3 is 24.6 Å². The predicted octanol–water partition coefficient (Wildman–Crippen LogP) is 6.38. The fourth-order valence-corrected chi connectivity index (χ4v) is 5.02. The number of rotatable bonds is 12. The number of hydrogen-bond acceptors (Lipinski definition) is 4. The number of nitrogens with one attached hydrogen (secondary N) is 1. The second-order valence-corrected chi connectivity index (χ2v) is 10.1. The SMILES string of the molecule is CC(C)NC[C@@H](O)CO[C@H](CN(c1ccccc1)c1ccccc1)Cn1c2ccccc2c2ccccc21. The Kier molecular flexibility index (Phi) is 8.39. The minimum absolute atomic E-state index is 0.177. The number of aliphatic hydroxyl groups excluding tert-OH is 1.